The van der Waals surface area contributed by atoms with Crippen molar-refractivity contribution in [1.29, 1.82) is 0 Å². The quantitative estimate of drug-likeness (QED) is 0.423. The smallest absolute Gasteiger partial charge is 0.385 e. The molecule has 11 heteroatoms. The third-order valence-corrected chi connectivity index (χ3v) is 7.67. The van der Waals surface area contributed by atoms with Crippen LogP contribution in [0.25, 0.3) is 0 Å². The number of nitrogens with one attached hydrogen (secondary N) is 2. The van der Waals surface area contributed by atoms with Crippen molar-refractivity contribution in [2.75, 3.05) is 19.6 Å². The van der Waals surface area contributed by atoms with Crippen LogP contribution < -0.4 is 10.6 Å². The van der Waals surface area contributed by atoms with Crippen LogP contribution in [-0.2, 0) is 22.2 Å². The molecular formula is C28H35F3N4O4. The molecule has 4 rings (SSSR count). The number of amides is 2. The molecule has 2 amide bonds. The minimum atomic E-state index is -4.56. The number of carbonyl (C=O) groups is 2. The summed E-state index contributed by atoms with van der Waals surface area (Å²) in [7, 11) is 0. The SMILES string of the molecule is CC(C)(O)c1ccc(C2(O)CCC(N3CC[C@@H](NC(=O)CNC(=O)c4cccc(C(F)(F)F)c4)C3)CC2)cn1. The predicted octanol–water partition coefficient (Wildman–Crippen LogP) is 3.08. The van der Waals surface area contributed by atoms with Crippen LogP contribution in [-0.4, -0.2) is 63.6 Å². The molecule has 8 nitrogen and oxygen atoms in total. The fourth-order valence-electron chi connectivity index (χ4n) is 5.38. The Balaban J connectivity index is 1.22. The maximum atomic E-state index is 12.9. The summed E-state index contributed by atoms with van der Waals surface area (Å²) in [6, 6.07) is 7.82. The second kappa shape index (κ2) is 11.2. The number of carbonyl (C=O) groups excluding carboxylic acids is 2. The van der Waals surface area contributed by atoms with E-state index in [2.05, 4.69) is 20.5 Å². The first-order chi connectivity index (χ1) is 18.2. The summed E-state index contributed by atoms with van der Waals surface area (Å²) in [5.74, 6) is -1.15. The average Bonchev–Trinajstić information content (AvgIpc) is 3.35. The van der Waals surface area contributed by atoms with Crippen LogP contribution in [0.5, 0.6) is 0 Å². The van der Waals surface area contributed by atoms with Crippen molar-refractivity contribution in [3.05, 3.63) is 65.0 Å². The third kappa shape index (κ3) is 7.14. The van der Waals surface area contributed by atoms with Gasteiger partial charge in [0.15, 0.2) is 0 Å². The number of aliphatic hydroxyl groups is 2. The van der Waals surface area contributed by atoms with Crippen LogP contribution in [0, 0.1) is 0 Å². The topological polar surface area (TPSA) is 115 Å². The lowest BCUT2D eigenvalue weighted by Crippen LogP contribution is -2.45. The number of hydrogen-bond donors (Lipinski definition) is 4. The number of hydrogen-bond acceptors (Lipinski definition) is 6. The standard InChI is InChI=1S/C28H35F3N4O4/c1-26(2,38)23-7-6-20(15-32-23)27(39)11-8-22(9-12-27)35-13-10-21(17-35)34-24(36)16-33-25(37)18-4-3-5-19(14-18)28(29,30)31/h3-7,14-15,21-22,38-39H,8-13,16-17H2,1-2H3,(H,33,37)(H,34,36)/t21-,22?,27?/m1/s1. The van der Waals surface area contributed by atoms with Gasteiger partial charge in [0.25, 0.3) is 5.91 Å². The molecular weight excluding hydrogens is 513 g/mol. The van der Waals surface area contributed by atoms with E-state index in [-0.39, 0.29) is 24.2 Å². The second-order valence-corrected chi connectivity index (χ2v) is 11.1. The molecule has 1 aliphatic carbocycles. The molecule has 1 saturated heterocycles. The first kappa shape index (κ1) is 29.0. The van der Waals surface area contributed by atoms with Crippen molar-refractivity contribution in [3.63, 3.8) is 0 Å². The normalized spacial score (nSPS) is 24.4. The molecule has 1 aromatic heterocycles. The number of likely N-dealkylation sites (tertiary alicyclic amines) is 1. The van der Waals surface area contributed by atoms with Gasteiger partial charge in [-0.05, 0) is 70.2 Å². The van der Waals surface area contributed by atoms with Gasteiger partial charge < -0.3 is 20.8 Å². The van der Waals surface area contributed by atoms with Crippen LogP contribution in [0.4, 0.5) is 13.2 Å². The zero-order valence-electron chi connectivity index (χ0n) is 22.1. The molecule has 2 fully saturated rings. The van der Waals surface area contributed by atoms with Gasteiger partial charge in [0.2, 0.25) is 5.91 Å². The van der Waals surface area contributed by atoms with Crippen LogP contribution >= 0.6 is 0 Å². The molecule has 0 radical (unpaired) electrons. The van der Waals surface area contributed by atoms with E-state index in [9.17, 15) is 33.0 Å². The van der Waals surface area contributed by atoms with Gasteiger partial charge in [0.05, 0.1) is 23.4 Å². The molecule has 1 saturated carbocycles. The highest BCUT2D eigenvalue weighted by Crippen LogP contribution is 2.39. The van der Waals surface area contributed by atoms with Crippen LogP contribution in [0.1, 0.15) is 73.1 Å². The fourth-order valence-corrected chi connectivity index (χ4v) is 5.38. The Morgan fingerprint density at radius 2 is 1.85 bits per heavy atom. The van der Waals surface area contributed by atoms with E-state index >= 15 is 0 Å². The highest BCUT2D eigenvalue weighted by Gasteiger charge is 2.39. The number of benzene rings is 1. The number of rotatable bonds is 7. The molecule has 2 aliphatic rings. The van der Waals surface area contributed by atoms with Crippen molar-refractivity contribution < 1.29 is 33.0 Å². The molecule has 0 unspecified atom stereocenters. The highest BCUT2D eigenvalue weighted by atomic mass is 19.4. The maximum absolute atomic E-state index is 12.9. The number of pyridine rings is 1. The van der Waals surface area contributed by atoms with Crippen molar-refractivity contribution in [2.45, 2.75) is 75.4 Å². The average molecular weight is 549 g/mol. The van der Waals surface area contributed by atoms with Gasteiger partial charge in [0.1, 0.15) is 5.60 Å². The Labute approximate surface area is 225 Å². The Bertz CT molecular complexity index is 1170. The van der Waals surface area contributed by atoms with Crippen molar-refractivity contribution in [3.8, 4) is 0 Å². The van der Waals surface area contributed by atoms with Crippen molar-refractivity contribution >= 4 is 11.8 Å². The van der Waals surface area contributed by atoms with Crippen LogP contribution in [0.2, 0.25) is 0 Å². The molecule has 212 valence electrons. The molecule has 2 heterocycles. The Morgan fingerprint density at radius 1 is 1.13 bits per heavy atom. The molecule has 4 N–H and O–H groups in total. The van der Waals surface area contributed by atoms with E-state index in [0.29, 0.717) is 25.1 Å². The third-order valence-electron chi connectivity index (χ3n) is 7.67. The van der Waals surface area contributed by atoms with E-state index in [1.54, 1.807) is 26.1 Å². The number of aromatic nitrogens is 1. The van der Waals surface area contributed by atoms with Gasteiger partial charge in [0, 0.05) is 42.5 Å². The van der Waals surface area contributed by atoms with E-state index in [1.807, 2.05) is 6.07 Å². The summed E-state index contributed by atoms with van der Waals surface area (Å²) in [5.41, 5.74) is -1.81. The monoisotopic (exact) mass is 548 g/mol. The summed E-state index contributed by atoms with van der Waals surface area (Å²) in [6.07, 6.45) is 0.568. The van der Waals surface area contributed by atoms with E-state index < -0.39 is 34.8 Å². The molecule has 0 spiro atoms. The van der Waals surface area contributed by atoms with E-state index in [4.69, 9.17) is 0 Å². The zero-order valence-corrected chi connectivity index (χ0v) is 22.1. The van der Waals surface area contributed by atoms with Gasteiger partial charge in [-0.25, -0.2) is 0 Å². The summed E-state index contributed by atoms with van der Waals surface area (Å²) in [4.78, 5) is 31.3. The summed E-state index contributed by atoms with van der Waals surface area (Å²) in [6.45, 7) is 4.45. The van der Waals surface area contributed by atoms with E-state index in [1.165, 1.54) is 6.07 Å². The molecule has 1 aliphatic heterocycles. The number of alkyl halides is 3. The zero-order chi connectivity index (χ0) is 28.4. The molecule has 1 aromatic carbocycles. The van der Waals surface area contributed by atoms with Gasteiger partial charge in [-0.15, -0.1) is 0 Å². The molecule has 0 bridgehead atoms. The number of nitrogens with zero attached hydrogens (tertiary/aromatic N) is 2. The first-order valence-electron chi connectivity index (χ1n) is 13.2. The Morgan fingerprint density at radius 3 is 2.46 bits per heavy atom. The number of halogens is 3. The van der Waals surface area contributed by atoms with Crippen molar-refractivity contribution in [1.82, 2.24) is 20.5 Å². The largest absolute Gasteiger partial charge is 0.416 e. The summed E-state index contributed by atoms with van der Waals surface area (Å²) >= 11 is 0. The molecule has 1 atom stereocenters. The Kier molecular flexibility index (Phi) is 8.34. The second-order valence-electron chi connectivity index (χ2n) is 11.1. The van der Waals surface area contributed by atoms with Gasteiger partial charge in [-0.1, -0.05) is 12.1 Å². The van der Waals surface area contributed by atoms with E-state index in [0.717, 1.165) is 49.6 Å². The minimum absolute atomic E-state index is 0.0950. The summed E-state index contributed by atoms with van der Waals surface area (Å²) < 4.78 is 38.6. The lowest BCUT2D eigenvalue weighted by molar-refractivity contribution is -0.137. The van der Waals surface area contributed by atoms with Gasteiger partial charge in [-0.3, -0.25) is 19.5 Å². The van der Waals surface area contributed by atoms with Crippen molar-refractivity contribution in [2.24, 2.45) is 0 Å². The highest BCUT2D eigenvalue weighted by molar-refractivity contribution is 5.96. The Hall–Kier alpha value is -3.02. The van der Waals surface area contributed by atoms with Gasteiger partial charge >= 0.3 is 6.18 Å². The minimum Gasteiger partial charge on any atom is -0.385 e. The summed E-state index contributed by atoms with van der Waals surface area (Å²) in [5, 5.41) is 26.6. The maximum Gasteiger partial charge on any atom is 0.416 e. The molecule has 2 aromatic rings. The molecule has 39 heavy (non-hydrogen) atoms. The van der Waals surface area contributed by atoms with Gasteiger partial charge in [-0.2, -0.15) is 13.2 Å². The predicted molar refractivity (Wildman–Crippen MR) is 138 cm³/mol. The first-order valence-corrected chi connectivity index (χ1v) is 13.2. The lowest BCUT2D eigenvalue weighted by Gasteiger charge is -2.40. The fraction of sp³-hybridized carbons (Fsp3) is 0.536. The lowest BCUT2D eigenvalue weighted by atomic mass is 9.77. The van der Waals surface area contributed by atoms with Crippen LogP contribution in [0.15, 0.2) is 42.6 Å². The van der Waals surface area contributed by atoms with Crippen LogP contribution in [0.3, 0.4) is 0 Å².